The van der Waals surface area contributed by atoms with Gasteiger partial charge in [-0.3, -0.25) is 9.69 Å². The van der Waals surface area contributed by atoms with Crippen LogP contribution in [-0.4, -0.2) is 47.0 Å². The number of hydrogen-bond donors (Lipinski definition) is 1. The van der Waals surface area contributed by atoms with Crippen LogP contribution in [0.4, 0.5) is 0 Å². The van der Waals surface area contributed by atoms with Crippen molar-refractivity contribution in [1.29, 1.82) is 5.26 Å². The highest BCUT2D eigenvalue weighted by Crippen LogP contribution is 2.39. The lowest BCUT2D eigenvalue weighted by atomic mass is 9.98. The summed E-state index contributed by atoms with van der Waals surface area (Å²) in [5.74, 6) is 1.45. The second-order valence-electron chi connectivity index (χ2n) is 5.77. The number of rotatable bonds is 5. The van der Waals surface area contributed by atoms with Crippen molar-refractivity contribution in [2.45, 2.75) is 43.9 Å². The smallest absolute Gasteiger partial charge is 0.235 e. The monoisotopic (exact) mass is 281 g/mol. The average Bonchev–Trinajstić information content (AvgIpc) is 3.23. The first kappa shape index (κ1) is 14.7. The maximum Gasteiger partial charge on any atom is 0.235 e. The van der Waals surface area contributed by atoms with Gasteiger partial charge < -0.3 is 5.32 Å². The summed E-state index contributed by atoms with van der Waals surface area (Å²) < 4.78 is 0. The highest BCUT2D eigenvalue weighted by Gasteiger charge is 2.43. The molecule has 1 saturated carbocycles. The number of nitrogens with one attached hydrogen (secondary N) is 1. The van der Waals surface area contributed by atoms with Gasteiger partial charge in [0.2, 0.25) is 5.91 Å². The zero-order valence-corrected chi connectivity index (χ0v) is 12.6. The second-order valence-corrected chi connectivity index (χ2v) is 7.18. The van der Waals surface area contributed by atoms with Crippen molar-refractivity contribution in [2.24, 2.45) is 5.92 Å². The van der Waals surface area contributed by atoms with Crippen LogP contribution >= 0.6 is 11.8 Å². The lowest BCUT2D eigenvalue weighted by Gasteiger charge is -2.32. The molecule has 4 nitrogen and oxygen atoms in total. The molecule has 0 spiro atoms. The zero-order chi connectivity index (χ0) is 13.9. The Morgan fingerprint density at radius 1 is 1.58 bits per heavy atom. The van der Waals surface area contributed by atoms with E-state index in [9.17, 15) is 10.1 Å². The highest BCUT2D eigenvalue weighted by atomic mass is 32.2. The number of hydrogen-bond acceptors (Lipinski definition) is 4. The first-order valence-electron chi connectivity index (χ1n) is 7.13. The fraction of sp³-hybridized carbons (Fsp3) is 0.857. The maximum atomic E-state index is 12.1. The van der Waals surface area contributed by atoms with Gasteiger partial charge in [0.25, 0.3) is 0 Å². The van der Waals surface area contributed by atoms with Gasteiger partial charge in [-0.25, -0.2) is 0 Å². The minimum atomic E-state index is -0.661. The van der Waals surface area contributed by atoms with Gasteiger partial charge in [-0.15, -0.1) is 0 Å². The molecule has 1 N–H and O–H groups in total. The van der Waals surface area contributed by atoms with Crippen LogP contribution in [0.5, 0.6) is 0 Å². The van der Waals surface area contributed by atoms with Crippen molar-refractivity contribution in [3.05, 3.63) is 0 Å². The molecule has 2 atom stereocenters. The SMILES string of the molecule is CC[C@@H]1CN(CC(=O)N[C@](C)(C#N)C2CC2)CCS1. The summed E-state index contributed by atoms with van der Waals surface area (Å²) in [5.41, 5.74) is -0.661. The summed E-state index contributed by atoms with van der Waals surface area (Å²) in [5, 5.41) is 12.8. The molecule has 1 saturated heterocycles. The predicted octanol–water partition coefficient (Wildman–Crippen LogP) is 1.62. The van der Waals surface area contributed by atoms with Crippen LogP contribution in [0, 0.1) is 17.2 Å². The van der Waals surface area contributed by atoms with Crippen molar-refractivity contribution in [2.75, 3.05) is 25.4 Å². The summed E-state index contributed by atoms with van der Waals surface area (Å²) in [6, 6.07) is 2.27. The molecule has 5 heteroatoms. The molecule has 19 heavy (non-hydrogen) atoms. The van der Waals surface area contributed by atoms with Crippen molar-refractivity contribution in [3.8, 4) is 6.07 Å². The first-order chi connectivity index (χ1) is 9.07. The van der Waals surface area contributed by atoms with Crippen LogP contribution in [0.1, 0.15) is 33.1 Å². The van der Waals surface area contributed by atoms with Crippen molar-refractivity contribution in [1.82, 2.24) is 10.2 Å². The van der Waals surface area contributed by atoms with Gasteiger partial charge in [0.1, 0.15) is 5.54 Å². The van der Waals surface area contributed by atoms with Gasteiger partial charge in [0, 0.05) is 24.1 Å². The molecular weight excluding hydrogens is 258 g/mol. The van der Waals surface area contributed by atoms with Crippen LogP contribution < -0.4 is 5.32 Å². The van der Waals surface area contributed by atoms with Crippen LogP contribution in [-0.2, 0) is 4.79 Å². The summed E-state index contributed by atoms with van der Waals surface area (Å²) in [6.07, 6.45) is 3.27. The molecule has 2 rings (SSSR count). The van der Waals surface area contributed by atoms with Crippen LogP contribution in [0.15, 0.2) is 0 Å². The van der Waals surface area contributed by atoms with E-state index in [1.165, 1.54) is 0 Å². The third-order valence-corrected chi connectivity index (χ3v) is 5.44. The van der Waals surface area contributed by atoms with Gasteiger partial charge in [-0.1, -0.05) is 6.92 Å². The van der Waals surface area contributed by atoms with Gasteiger partial charge in [0.15, 0.2) is 0 Å². The molecule has 2 fully saturated rings. The molecule has 0 aromatic carbocycles. The Balaban J connectivity index is 1.82. The summed E-state index contributed by atoms with van der Waals surface area (Å²) in [7, 11) is 0. The standard InChI is InChI=1S/C14H23N3OS/c1-3-12-8-17(6-7-19-12)9-13(18)16-14(2,10-15)11-4-5-11/h11-12H,3-9H2,1-2H3,(H,16,18)/t12-,14-/m1/s1. The largest absolute Gasteiger partial charge is 0.337 e. The fourth-order valence-electron chi connectivity index (χ4n) is 2.59. The van der Waals surface area contributed by atoms with E-state index in [0.29, 0.717) is 17.7 Å². The van der Waals surface area contributed by atoms with Gasteiger partial charge in [-0.05, 0) is 32.1 Å². The number of amides is 1. The molecule has 1 aliphatic carbocycles. The lowest BCUT2D eigenvalue weighted by Crippen LogP contribution is -2.51. The van der Waals surface area contributed by atoms with E-state index in [-0.39, 0.29) is 5.91 Å². The summed E-state index contributed by atoms with van der Waals surface area (Å²) >= 11 is 2.00. The molecule has 0 unspecified atom stereocenters. The van der Waals surface area contributed by atoms with E-state index in [0.717, 1.165) is 38.1 Å². The number of carbonyl (C=O) groups is 1. The molecule has 0 aromatic heterocycles. The Labute approximate surface area is 119 Å². The summed E-state index contributed by atoms with van der Waals surface area (Å²) in [6.45, 7) is 6.44. The number of thioether (sulfide) groups is 1. The average molecular weight is 281 g/mol. The third kappa shape index (κ3) is 3.87. The highest BCUT2D eigenvalue weighted by molar-refractivity contribution is 8.00. The molecule has 1 heterocycles. The minimum Gasteiger partial charge on any atom is -0.337 e. The predicted molar refractivity (Wildman–Crippen MR) is 77.9 cm³/mol. The van der Waals surface area contributed by atoms with E-state index in [2.05, 4.69) is 23.2 Å². The Kier molecular flexibility index (Phi) is 4.75. The van der Waals surface area contributed by atoms with Crippen LogP contribution in [0.3, 0.4) is 0 Å². The van der Waals surface area contributed by atoms with Gasteiger partial charge in [-0.2, -0.15) is 17.0 Å². The molecule has 1 aliphatic heterocycles. The molecule has 0 aromatic rings. The summed E-state index contributed by atoms with van der Waals surface area (Å²) in [4.78, 5) is 14.3. The van der Waals surface area contributed by atoms with Crippen molar-refractivity contribution >= 4 is 17.7 Å². The maximum absolute atomic E-state index is 12.1. The number of nitriles is 1. The minimum absolute atomic E-state index is 0.00213. The molecular formula is C14H23N3OS. The van der Waals surface area contributed by atoms with Crippen LogP contribution in [0.2, 0.25) is 0 Å². The normalized spacial score (nSPS) is 27.3. The molecule has 2 aliphatic rings. The Bertz CT molecular complexity index is 377. The first-order valence-corrected chi connectivity index (χ1v) is 8.18. The number of nitrogens with zero attached hydrogens (tertiary/aromatic N) is 2. The molecule has 106 valence electrons. The fourth-order valence-corrected chi connectivity index (χ4v) is 3.83. The van der Waals surface area contributed by atoms with Crippen molar-refractivity contribution in [3.63, 3.8) is 0 Å². The Morgan fingerprint density at radius 3 is 2.89 bits per heavy atom. The van der Waals surface area contributed by atoms with Crippen molar-refractivity contribution < 1.29 is 4.79 Å². The van der Waals surface area contributed by atoms with Gasteiger partial charge in [0.05, 0.1) is 12.6 Å². The van der Waals surface area contributed by atoms with E-state index >= 15 is 0 Å². The quantitative estimate of drug-likeness (QED) is 0.832. The van der Waals surface area contributed by atoms with E-state index in [1.54, 1.807) is 0 Å². The number of carbonyl (C=O) groups excluding carboxylic acids is 1. The Morgan fingerprint density at radius 2 is 2.32 bits per heavy atom. The van der Waals surface area contributed by atoms with E-state index in [1.807, 2.05) is 18.7 Å². The molecule has 0 bridgehead atoms. The molecule has 1 amide bonds. The van der Waals surface area contributed by atoms with E-state index < -0.39 is 5.54 Å². The van der Waals surface area contributed by atoms with Gasteiger partial charge >= 0.3 is 0 Å². The lowest BCUT2D eigenvalue weighted by molar-refractivity contribution is -0.123. The van der Waals surface area contributed by atoms with Crippen LogP contribution in [0.25, 0.3) is 0 Å². The second kappa shape index (κ2) is 6.15. The Hall–Kier alpha value is -0.730. The topological polar surface area (TPSA) is 56.1 Å². The third-order valence-electron chi connectivity index (χ3n) is 4.07. The zero-order valence-electron chi connectivity index (χ0n) is 11.8. The molecule has 0 radical (unpaired) electrons. The van der Waals surface area contributed by atoms with E-state index in [4.69, 9.17) is 0 Å².